The summed E-state index contributed by atoms with van der Waals surface area (Å²) in [5.74, 6) is 1.70. The molecule has 0 N–H and O–H groups in total. The molecule has 0 amide bonds. The SMILES string of the molecule is COc1ccc2c(Br)c(OCc3cccc(C)c3)ccc2c1. The number of fused-ring (bicyclic) bond motifs is 1. The van der Waals surface area contributed by atoms with Crippen molar-refractivity contribution in [3.05, 3.63) is 70.2 Å². The van der Waals surface area contributed by atoms with Crippen molar-refractivity contribution in [2.45, 2.75) is 13.5 Å². The molecule has 0 fully saturated rings. The van der Waals surface area contributed by atoms with E-state index in [4.69, 9.17) is 9.47 Å². The van der Waals surface area contributed by atoms with E-state index in [2.05, 4.69) is 47.1 Å². The van der Waals surface area contributed by atoms with E-state index >= 15 is 0 Å². The fraction of sp³-hybridized carbons (Fsp3) is 0.158. The molecule has 0 saturated heterocycles. The van der Waals surface area contributed by atoms with Gasteiger partial charge >= 0.3 is 0 Å². The first kappa shape index (κ1) is 14.9. The summed E-state index contributed by atoms with van der Waals surface area (Å²) in [7, 11) is 1.68. The van der Waals surface area contributed by atoms with Gasteiger partial charge < -0.3 is 9.47 Å². The quantitative estimate of drug-likeness (QED) is 0.614. The Morgan fingerprint density at radius 3 is 2.64 bits per heavy atom. The molecule has 0 aliphatic heterocycles. The third-order valence-corrected chi connectivity index (χ3v) is 4.42. The maximum absolute atomic E-state index is 5.96. The fourth-order valence-electron chi connectivity index (χ4n) is 2.45. The molecule has 3 aromatic rings. The molecule has 0 radical (unpaired) electrons. The molecule has 0 aliphatic rings. The summed E-state index contributed by atoms with van der Waals surface area (Å²) in [4.78, 5) is 0. The Hall–Kier alpha value is -2.00. The first-order chi connectivity index (χ1) is 10.7. The molecular weight excluding hydrogens is 340 g/mol. The van der Waals surface area contributed by atoms with Crippen LogP contribution in [0.5, 0.6) is 11.5 Å². The minimum atomic E-state index is 0.557. The molecule has 0 heterocycles. The molecule has 3 rings (SSSR count). The Labute approximate surface area is 138 Å². The van der Waals surface area contributed by atoms with Gasteiger partial charge in [-0.15, -0.1) is 0 Å². The number of ether oxygens (including phenoxy) is 2. The second-order valence-corrected chi connectivity index (χ2v) is 6.04. The number of hydrogen-bond donors (Lipinski definition) is 0. The Kier molecular flexibility index (Phi) is 4.34. The lowest BCUT2D eigenvalue weighted by Gasteiger charge is -2.11. The van der Waals surface area contributed by atoms with Crippen LogP contribution >= 0.6 is 15.9 Å². The van der Waals surface area contributed by atoms with E-state index in [-0.39, 0.29) is 0 Å². The van der Waals surface area contributed by atoms with Gasteiger partial charge in [0.2, 0.25) is 0 Å². The van der Waals surface area contributed by atoms with Crippen LogP contribution in [0, 0.1) is 6.92 Å². The predicted molar refractivity (Wildman–Crippen MR) is 93.7 cm³/mol. The van der Waals surface area contributed by atoms with E-state index in [1.54, 1.807) is 7.11 Å². The summed E-state index contributed by atoms with van der Waals surface area (Å²) in [6.07, 6.45) is 0. The Morgan fingerprint density at radius 2 is 1.86 bits per heavy atom. The van der Waals surface area contributed by atoms with E-state index in [9.17, 15) is 0 Å². The van der Waals surface area contributed by atoms with E-state index in [1.165, 1.54) is 11.1 Å². The van der Waals surface area contributed by atoms with Gasteiger partial charge in [-0.25, -0.2) is 0 Å². The van der Waals surface area contributed by atoms with E-state index < -0.39 is 0 Å². The third kappa shape index (κ3) is 3.09. The average molecular weight is 357 g/mol. The van der Waals surface area contributed by atoms with Gasteiger partial charge in [-0.05, 0) is 63.5 Å². The topological polar surface area (TPSA) is 18.5 Å². The van der Waals surface area contributed by atoms with Gasteiger partial charge in [-0.2, -0.15) is 0 Å². The Balaban J connectivity index is 1.86. The standard InChI is InChI=1S/C19H17BrO2/c1-13-4-3-5-14(10-13)12-22-18-9-6-15-11-16(21-2)7-8-17(15)19(18)20/h3-11H,12H2,1-2H3. The van der Waals surface area contributed by atoms with Crippen LogP contribution < -0.4 is 9.47 Å². The zero-order valence-electron chi connectivity index (χ0n) is 12.6. The molecule has 22 heavy (non-hydrogen) atoms. The number of aryl methyl sites for hydroxylation is 1. The van der Waals surface area contributed by atoms with Gasteiger partial charge in [0.25, 0.3) is 0 Å². The second-order valence-electron chi connectivity index (χ2n) is 5.24. The highest BCUT2D eigenvalue weighted by Gasteiger charge is 2.07. The number of hydrogen-bond acceptors (Lipinski definition) is 2. The summed E-state index contributed by atoms with van der Waals surface area (Å²) < 4.78 is 12.2. The zero-order valence-corrected chi connectivity index (χ0v) is 14.2. The van der Waals surface area contributed by atoms with E-state index in [0.29, 0.717) is 6.61 Å². The first-order valence-corrected chi connectivity index (χ1v) is 7.91. The molecular formula is C19H17BrO2. The van der Waals surface area contributed by atoms with E-state index in [0.717, 1.165) is 26.7 Å². The molecule has 0 bridgehead atoms. The van der Waals surface area contributed by atoms with Gasteiger partial charge in [-0.3, -0.25) is 0 Å². The predicted octanol–water partition coefficient (Wildman–Crippen LogP) is 5.50. The number of rotatable bonds is 4. The molecule has 0 aliphatic carbocycles. The highest BCUT2D eigenvalue weighted by Crippen LogP contribution is 2.35. The molecule has 3 heteroatoms. The highest BCUT2D eigenvalue weighted by molar-refractivity contribution is 9.10. The van der Waals surface area contributed by atoms with E-state index in [1.807, 2.05) is 30.3 Å². The molecule has 0 saturated carbocycles. The van der Waals surface area contributed by atoms with Crippen LogP contribution in [0.3, 0.4) is 0 Å². The van der Waals surface area contributed by atoms with Crippen LogP contribution in [-0.2, 0) is 6.61 Å². The summed E-state index contributed by atoms with van der Waals surface area (Å²) >= 11 is 3.65. The lowest BCUT2D eigenvalue weighted by molar-refractivity contribution is 0.304. The van der Waals surface area contributed by atoms with Crippen molar-refractivity contribution in [1.82, 2.24) is 0 Å². The Bertz CT molecular complexity index is 812. The van der Waals surface area contributed by atoms with Crippen molar-refractivity contribution < 1.29 is 9.47 Å². The molecule has 112 valence electrons. The summed E-state index contributed by atoms with van der Waals surface area (Å²) in [6, 6.07) is 18.4. The molecule has 3 aromatic carbocycles. The minimum Gasteiger partial charge on any atom is -0.497 e. The number of methoxy groups -OCH3 is 1. The minimum absolute atomic E-state index is 0.557. The van der Waals surface area contributed by atoms with Crippen LogP contribution in [0.4, 0.5) is 0 Å². The first-order valence-electron chi connectivity index (χ1n) is 7.12. The monoisotopic (exact) mass is 356 g/mol. The summed E-state index contributed by atoms with van der Waals surface area (Å²) in [6.45, 7) is 2.64. The van der Waals surface area contributed by atoms with Crippen molar-refractivity contribution in [3.8, 4) is 11.5 Å². The van der Waals surface area contributed by atoms with Gasteiger partial charge in [0.15, 0.2) is 0 Å². The fourth-order valence-corrected chi connectivity index (χ4v) is 3.06. The van der Waals surface area contributed by atoms with Crippen LogP contribution in [0.25, 0.3) is 10.8 Å². The van der Waals surface area contributed by atoms with Gasteiger partial charge in [0.05, 0.1) is 11.6 Å². The van der Waals surface area contributed by atoms with Crippen LogP contribution in [0.1, 0.15) is 11.1 Å². The average Bonchev–Trinajstić information content (AvgIpc) is 2.54. The molecule has 0 unspecified atom stereocenters. The van der Waals surface area contributed by atoms with Crippen molar-refractivity contribution in [2.24, 2.45) is 0 Å². The smallest absolute Gasteiger partial charge is 0.134 e. The van der Waals surface area contributed by atoms with Crippen LogP contribution in [0.15, 0.2) is 59.1 Å². The lowest BCUT2D eigenvalue weighted by Crippen LogP contribution is -1.96. The normalized spacial score (nSPS) is 10.7. The van der Waals surface area contributed by atoms with Crippen molar-refractivity contribution in [3.63, 3.8) is 0 Å². The number of halogens is 1. The zero-order chi connectivity index (χ0) is 15.5. The summed E-state index contributed by atoms with van der Waals surface area (Å²) in [5, 5.41) is 2.23. The van der Waals surface area contributed by atoms with Gasteiger partial charge in [0, 0.05) is 0 Å². The molecule has 0 spiro atoms. The van der Waals surface area contributed by atoms with Gasteiger partial charge in [0.1, 0.15) is 18.1 Å². The summed E-state index contributed by atoms with van der Waals surface area (Å²) in [5.41, 5.74) is 2.41. The largest absolute Gasteiger partial charge is 0.497 e. The molecule has 0 aromatic heterocycles. The Morgan fingerprint density at radius 1 is 1.00 bits per heavy atom. The highest BCUT2D eigenvalue weighted by atomic mass is 79.9. The van der Waals surface area contributed by atoms with Crippen molar-refractivity contribution in [1.29, 1.82) is 0 Å². The molecule has 0 atom stereocenters. The maximum atomic E-state index is 5.96. The third-order valence-electron chi connectivity index (χ3n) is 3.60. The molecule has 2 nitrogen and oxygen atoms in total. The van der Waals surface area contributed by atoms with Gasteiger partial charge in [-0.1, -0.05) is 35.9 Å². The van der Waals surface area contributed by atoms with Crippen LogP contribution in [0.2, 0.25) is 0 Å². The van der Waals surface area contributed by atoms with Crippen LogP contribution in [-0.4, -0.2) is 7.11 Å². The number of benzene rings is 3. The maximum Gasteiger partial charge on any atom is 0.134 e. The second kappa shape index (κ2) is 6.41. The lowest BCUT2D eigenvalue weighted by atomic mass is 10.1. The van der Waals surface area contributed by atoms with Crippen molar-refractivity contribution >= 4 is 26.7 Å². The van der Waals surface area contributed by atoms with Crippen molar-refractivity contribution in [2.75, 3.05) is 7.11 Å².